The topological polar surface area (TPSA) is 98.3 Å². The Labute approximate surface area is 129 Å². The van der Waals surface area contributed by atoms with Crippen molar-refractivity contribution in [3.8, 4) is 0 Å². The molecule has 2 aromatic carbocycles. The van der Waals surface area contributed by atoms with E-state index in [0.29, 0.717) is 15.7 Å². The Morgan fingerprint density at radius 1 is 1.29 bits per heavy atom. The first-order valence-electron chi connectivity index (χ1n) is 6.00. The number of nitrogen functional groups attached to an aromatic ring is 1. The van der Waals surface area contributed by atoms with Crippen LogP contribution in [0.25, 0.3) is 0 Å². The molecule has 0 unspecified atom stereocenters. The third-order valence-corrected chi connectivity index (χ3v) is 3.55. The molecule has 0 heterocycles. The van der Waals surface area contributed by atoms with Crippen molar-refractivity contribution < 1.29 is 9.72 Å². The molecule has 7 heteroatoms. The first kappa shape index (κ1) is 15.0. The van der Waals surface area contributed by atoms with Crippen molar-refractivity contribution in [2.75, 3.05) is 11.1 Å². The smallest absolute Gasteiger partial charge is 0.292 e. The summed E-state index contributed by atoms with van der Waals surface area (Å²) in [6.45, 7) is 1.79. The molecule has 1 amide bonds. The van der Waals surface area contributed by atoms with E-state index in [1.54, 1.807) is 37.3 Å². The second-order valence-electron chi connectivity index (χ2n) is 4.47. The molecule has 0 atom stereocenters. The van der Waals surface area contributed by atoms with Crippen LogP contribution in [0.1, 0.15) is 15.9 Å². The zero-order valence-electron chi connectivity index (χ0n) is 11.1. The Morgan fingerprint density at radius 2 is 2.00 bits per heavy atom. The number of aryl methyl sites for hydroxylation is 1. The highest BCUT2D eigenvalue weighted by atomic mass is 79.9. The van der Waals surface area contributed by atoms with Gasteiger partial charge in [0.1, 0.15) is 5.69 Å². The molecule has 0 aliphatic carbocycles. The van der Waals surface area contributed by atoms with Crippen molar-refractivity contribution in [1.82, 2.24) is 0 Å². The van der Waals surface area contributed by atoms with Gasteiger partial charge in [-0.25, -0.2) is 0 Å². The van der Waals surface area contributed by atoms with E-state index in [9.17, 15) is 14.9 Å². The van der Waals surface area contributed by atoms with Crippen molar-refractivity contribution in [2.45, 2.75) is 6.92 Å². The summed E-state index contributed by atoms with van der Waals surface area (Å²) in [5.41, 5.74) is 7.35. The lowest BCUT2D eigenvalue weighted by molar-refractivity contribution is -0.383. The van der Waals surface area contributed by atoms with Crippen LogP contribution in [0.15, 0.2) is 40.9 Å². The number of anilines is 2. The second kappa shape index (κ2) is 5.92. The number of nitro benzene ring substituents is 1. The number of nitro groups is 1. The van der Waals surface area contributed by atoms with Crippen LogP contribution in [-0.2, 0) is 0 Å². The molecule has 0 aliphatic rings. The molecule has 0 saturated carbocycles. The van der Waals surface area contributed by atoms with Crippen molar-refractivity contribution in [3.05, 3.63) is 62.1 Å². The fourth-order valence-corrected chi connectivity index (χ4v) is 2.15. The third-order valence-electron chi connectivity index (χ3n) is 2.86. The van der Waals surface area contributed by atoms with E-state index in [1.807, 2.05) is 0 Å². The maximum Gasteiger partial charge on any atom is 0.292 e. The monoisotopic (exact) mass is 349 g/mol. The minimum absolute atomic E-state index is 0.150. The Kier molecular flexibility index (Phi) is 4.23. The number of nitrogens with one attached hydrogen (secondary N) is 1. The Morgan fingerprint density at radius 3 is 2.62 bits per heavy atom. The largest absolute Gasteiger partial charge is 0.398 e. The molecule has 0 saturated heterocycles. The summed E-state index contributed by atoms with van der Waals surface area (Å²) in [5.74, 6) is -0.440. The predicted octanol–water partition coefficient (Wildman–Crippen LogP) is 3.50. The average molecular weight is 350 g/mol. The molecule has 21 heavy (non-hydrogen) atoms. The molecule has 2 aromatic rings. The number of rotatable bonds is 3. The van der Waals surface area contributed by atoms with Crippen LogP contribution in [0.5, 0.6) is 0 Å². The van der Waals surface area contributed by atoms with E-state index in [2.05, 4.69) is 21.2 Å². The van der Waals surface area contributed by atoms with Crippen molar-refractivity contribution in [1.29, 1.82) is 0 Å². The minimum atomic E-state index is -0.534. The summed E-state index contributed by atoms with van der Waals surface area (Å²) in [5, 5.41) is 13.5. The van der Waals surface area contributed by atoms with Crippen LogP contribution >= 0.6 is 15.9 Å². The van der Waals surface area contributed by atoms with Crippen molar-refractivity contribution in [2.24, 2.45) is 0 Å². The van der Waals surface area contributed by atoms with Crippen LogP contribution < -0.4 is 11.1 Å². The van der Waals surface area contributed by atoms with Gasteiger partial charge in [0.2, 0.25) is 0 Å². The number of amides is 1. The standard InChI is InChI=1S/C14H12BrN3O3/c1-8-2-5-13(18(20)21)12(6-8)17-14(19)9-3-4-11(16)10(15)7-9/h2-7H,16H2,1H3,(H,17,19). The Balaban J connectivity index is 2.33. The molecule has 0 radical (unpaired) electrons. The molecule has 0 aliphatic heterocycles. The maximum absolute atomic E-state index is 12.2. The van der Waals surface area contributed by atoms with E-state index in [0.717, 1.165) is 5.56 Å². The van der Waals surface area contributed by atoms with Gasteiger partial charge in [0, 0.05) is 21.8 Å². The third kappa shape index (κ3) is 3.38. The zero-order valence-corrected chi connectivity index (χ0v) is 12.7. The first-order chi connectivity index (χ1) is 9.88. The quantitative estimate of drug-likeness (QED) is 0.503. The summed E-state index contributed by atoms with van der Waals surface area (Å²) in [4.78, 5) is 22.6. The van der Waals surface area contributed by atoms with Crippen molar-refractivity contribution in [3.63, 3.8) is 0 Å². The zero-order chi connectivity index (χ0) is 15.6. The highest BCUT2D eigenvalue weighted by Crippen LogP contribution is 2.26. The summed E-state index contributed by atoms with van der Waals surface area (Å²) in [7, 11) is 0. The van der Waals surface area contributed by atoms with Crippen molar-refractivity contribution >= 4 is 38.9 Å². The fraction of sp³-hybridized carbons (Fsp3) is 0.0714. The van der Waals surface area contributed by atoms with Gasteiger partial charge in [0.05, 0.1) is 4.92 Å². The van der Waals surface area contributed by atoms with Gasteiger partial charge in [-0.2, -0.15) is 0 Å². The fourth-order valence-electron chi connectivity index (χ4n) is 1.77. The number of carbonyl (C=O) groups excluding carboxylic acids is 1. The summed E-state index contributed by atoms with van der Waals surface area (Å²) < 4.78 is 0.592. The highest BCUT2D eigenvalue weighted by Gasteiger charge is 2.17. The molecular weight excluding hydrogens is 338 g/mol. The first-order valence-corrected chi connectivity index (χ1v) is 6.79. The van der Waals surface area contributed by atoms with Gasteiger partial charge in [-0.15, -0.1) is 0 Å². The lowest BCUT2D eigenvalue weighted by Gasteiger charge is -2.08. The molecule has 108 valence electrons. The second-order valence-corrected chi connectivity index (χ2v) is 5.32. The molecule has 3 N–H and O–H groups in total. The molecule has 2 rings (SSSR count). The molecule has 6 nitrogen and oxygen atoms in total. The molecule has 0 spiro atoms. The van der Waals surface area contributed by atoms with Gasteiger partial charge in [0.25, 0.3) is 11.6 Å². The number of carbonyl (C=O) groups is 1. The summed E-state index contributed by atoms with van der Waals surface area (Å²) in [6.07, 6.45) is 0. The molecule has 0 bridgehead atoms. The molecular formula is C14H12BrN3O3. The average Bonchev–Trinajstić information content (AvgIpc) is 2.41. The van der Waals surface area contributed by atoms with Gasteiger partial charge in [-0.1, -0.05) is 6.07 Å². The van der Waals surface area contributed by atoms with Gasteiger partial charge in [0.15, 0.2) is 0 Å². The van der Waals surface area contributed by atoms with Crippen LogP contribution in [0, 0.1) is 17.0 Å². The number of hydrogen-bond donors (Lipinski definition) is 2. The highest BCUT2D eigenvalue weighted by molar-refractivity contribution is 9.10. The van der Waals surface area contributed by atoms with E-state index in [1.165, 1.54) is 6.07 Å². The van der Waals surface area contributed by atoms with Gasteiger partial charge >= 0.3 is 0 Å². The Bertz CT molecular complexity index is 731. The predicted molar refractivity (Wildman–Crippen MR) is 84.3 cm³/mol. The number of benzene rings is 2. The van der Waals surface area contributed by atoms with Crippen LogP contribution in [0.2, 0.25) is 0 Å². The van der Waals surface area contributed by atoms with Crippen LogP contribution in [0.4, 0.5) is 17.1 Å². The number of nitrogens with two attached hydrogens (primary N) is 1. The van der Waals surface area contributed by atoms with E-state index >= 15 is 0 Å². The number of hydrogen-bond acceptors (Lipinski definition) is 4. The van der Waals surface area contributed by atoms with E-state index in [-0.39, 0.29) is 11.4 Å². The normalized spacial score (nSPS) is 10.2. The van der Waals surface area contributed by atoms with Gasteiger partial charge in [-0.3, -0.25) is 14.9 Å². The summed E-state index contributed by atoms with van der Waals surface area (Å²) in [6, 6.07) is 9.24. The van der Waals surface area contributed by atoms with Gasteiger partial charge in [-0.05, 0) is 52.7 Å². The lowest BCUT2D eigenvalue weighted by Crippen LogP contribution is -2.13. The lowest BCUT2D eigenvalue weighted by atomic mass is 10.1. The number of halogens is 1. The minimum Gasteiger partial charge on any atom is -0.398 e. The van der Waals surface area contributed by atoms with E-state index in [4.69, 9.17) is 5.73 Å². The van der Waals surface area contributed by atoms with Gasteiger partial charge < -0.3 is 11.1 Å². The SMILES string of the molecule is Cc1ccc([N+](=O)[O-])c(NC(=O)c2ccc(N)c(Br)c2)c1. The van der Waals surface area contributed by atoms with E-state index < -0.39 is 10.8 Å². The van der Waals surface area contributed by atoms with Crippen LogP contribution in [0.3, 0.4) is 0 Å². The Hall–Kier alpha value is -2.41. The summed E-state index contributed by atoms with van der Waals surface area (Å²) >= 11 is 3.24. The molecule has 0 aromatic heterocycles. The van der Waals surface area contributed by atoms with Crippen LogP contribution in [-0.4, -0.2) is 10.8 Å². The number of nitrogens with zero attached hydrogens (tertiary/aromatic N) is 1. The maximum atomic E-state index is 12.2. The molecule has 0 fully saturated rings.